The molecule has 1 amide bonds. The average Bonchev–Trinajstić information content (AvgIpc) is 2.54. The molecule has 0 aromatic heterocycles. The number of rotatable bonds is 6. The standard InChI is InChI=1S/C18H17F2NO3/c1-12-4-2-3-5-13(12)11-24-17(22)8-9-21-18(23)15-7-6-14(19)10-16(15)20/h2-7,10H,8-9,11H2,1H3,(H,21,23). The van der Waals surface area contributed by atoms with Crippen molar-refractivity contribution in [3.05, 3.63) is 70.8 Å². The van der Waals surface area contributed by atoms with Crippen molar-refractivity contribution < 1.29 is 23.1 Å². The summed E-state index contributed by atoms with van der Waals surface area (Å²) >= 11 is 0. The molecule has 0 aliphatic carbocycles. The van der Waals surface area contributed by atoms with E-state index in [-0.39, 0.29) is 25.1 Å². The Labute approximate surface area is 138 Å². The minimum Gasteiger partial charge on any atom is -0.461 e. The molecule has 1 N–H and O–H groups in total. The van der Waals surface area contributed by atoms with Crippen molar-refractivity contribution in [3.63, 3.8) is 0 Å². The Bertz CT molecular complexity index is 747. The van der Waals surface area contributed by atoms with Crippen molar-refractivity contribution in [3.8, 4) is 0 Å². The highest BCUT2D eigenvalue weighted by molar-refractivity contribution is 5.94. The van der Waals surface area contributed by atoms with E-state index >= 15 is 0 Å². The van der Waals surface area contributed by atoms with Gasteiger partial charge in [0, 0.05) is 12.6 Å². The SMILES string of the molecule is Cc1ccccc1COC(=O)CCNC(=O)c1ccc(F)cc1F. The number of hydrogen-bond acceptors (Lipinski definition) is 3. The third-order valence-corrected chi connectivity index (χ3v) is 3.44. The van der Waals surface area contributed by atoms with Crippen LogP contribution in [0, 0.1) is 18.6 Å². The van der Waals surface area contributed by atoms with Gasteiger partial charge in [0.25, 0.3) is 5.91 Å². The van der Waals surface area contributed by atoms with Crippen molar-refractivity contribution in [1.82, 2.24) is 5.32 Å². The fourth-order valence-electron chi connectivity index (χ4n) is 2.05. The van der Waals surface area contributed by atoms with Crippen LogP contribution in [0.1, 0.15) is 27.9 Å². The van der Waals surface area contributed by atoms with Crippen LogP contribution in [0.5, 0.6) is 0 Å². The second-order valence-corrected chi connectivity index (χ2v) is 5.22. The van der Waals surface area contributed by atoms with E-state index in [4.69, 9.17) is 4.74 Å². The molecule has 0 atom stereocenters. The fourth-order valence-corrected chi connectivity index (χ4v) is 2.05. The van der Waals surface area contributed by atoms with Gasteiger partial charge in [-0.2, -0.15) is 0 Å². The lowest BCUT2D eigenvalue weighted by atomic mass is 10.1. The predicted octanol–water partition coefficient (Wildman–Crippen LogP) is 3.14. The van der Waals surface area contributed by atoms with Crippen molar-refractivity contribution in [2.45, 2.75) is 20.0 Å². The van der Waals surface area contributed by atoms with E-state index in [0.717, 1.165) is 23.3 Å². The largest absolute Gasteiger partial charge is 0.461 e. The number of halogens is 2. The molecule has 0 aliphatic rings. The molecule has 0 radical (unpaired) electrons. The molecule has 0 fully saturated rings. The molecule has 0 aliphatic heterocycles. The Kier molecular flexibility index (Phi) is 6.01. The zero-order valence-corrected chi connectivity index (χ0v) is 13.1. The molecular weight excluding hydrogens is 316 g/mol. The van der Waals surface area contributed by atoms with Gasteiger partial charge in [-0.3, -0.25) is 9.59 Å². The number of carbonyl (C=O) groups excluding carboxylic acids is 2. The first-order valence-corrected chi connectivity index (χ1v) is 7.41. The van der Waals surface area contributed by atoms with Crippen LogP contribution < -0.4 is 5.32 Å². The van der Waals surface area contributed by atoms with Crippen LogP contribution in [0.3, 0.4) is 0 Å². The lowest BCUT2D eigenvalue weighted by Gasteiger charge is -2.08. The Morgan fingerprint density at radius 3 is 2.58 bits per heavy atom. The van der Waals surface area contributed by atoms with Crippen molar-refractivity contribution in [2.75, 3.05) is 6.54 Å². The molecule has 0 unspecified atom stereocenters. The number of aryl methyl sites for hydroxylation is 1. The van der Waals surface area contributed by atoms with Crippen molar-refractivity contribution in [1.29, 1.82) is 0 Å². The minimum absolute atomic E-state index is 0.00224. The number of carbonyl (C=O) groups is 2. The Balaban J connectivity index is 1.76. The summed E-state index contributed by atoms with van der Waals surface area (Å²) in [6.45, 7) is 2.08. The van der Waals surface area contributed by atoms with E-state index in [9.17, 15) is 18.4 Å². The van der Waals surface area contributed by atoms with E-state index in [1.165, 1.54) is 0 Å². The van der Waals surface area contributed by atoms with Gasteiger partial charge in [-0.1, -0.05) is 24.3 Å². The van der Waals surface area contributed by atoms with E-state index in [0.29, 0.717) is 6.07 Å². The molecule has 6 heteroatoms. The summed E-state index contributed by atoms with van der Waals surface area (Å²) < 4.78 is 31.4. The average molecular weight is 333 g/mol. The molecule has 0 saturated heterocycles. The van der Waals surface area contributed by atoms with Gasteiger partial charge in [0.15, 0.2) is 0 Å². The van der Waals surface area contributed by atoms with Gasteiger partial charge in [0.1, 0.15) is 18.2 Å². The van der Waals surface area contributed by atoms with Crippen LogP contribution in [0.25, 0.3) is 0 Å². The van der Waals surface area contributed by atoms with Gasteiger partial charge in [-0.25, -0.2) is 8.78 Å². The molecule has 0 bridgehead atoms. The third-order valence-electron chi connectivity index (χ3n) is 3.44. The molecule has 2 aromatic rings. The van der Waals surface area contributed by atoms with E-state index in [1.807, 2.05) is 31.2 Å². The second-order valence-electron chi connectivity index (χ2n) is 5.22. The number of benzene rings is 2. The fraction of sp³-hybridized carbons (Fsp3) is 0.222. The van der Waals surface area contributed by atoms with Crippen LogP contribution in [-0.4, -0.2) is 18.4 Å². The predicted molar refractivity (Wildman–Crippen MR) is 84.3 cm³/mol. The highest BCUT2D eigenvalue weighted by Crippen LogP contribution is 2.10. The van der Waals surface area contributed by atoms with E-state index < -0.39 is 23.5 Å². The van der Waals surface area contributed by atoms with Crippen molar-refractivity contribution >= 4 is 11.9 Å². The summed E-state index contributed by atoms with van der Waals surface area (Å²) in [6.07, 6.45) is -0.0412. The van der Waals surface area contributed by atoms with Crippen LogP contribution >= 0.6 is 0 Å². The van der Waals surface area contributed by atoms with Gasteiger partial charge >= 0.3 is 5.97 Å². The molecule has 24 heavy (non-hydrogen) atoms. The molecule has 0 heterocycles. The molecule has 0 saturated carbocycles. The maximum absolute atomic E-state index is 13.4. The smallest absolute Gasteiger partial charge is 0.307 e. The van der Waals surface area contributed by atoms with Crippen LogP contribution in [0.4, 0.5) is 8.78 Å². The zero-order chi connectivity index (χ0) is 17.5. The molecule has 0 spiro atoms. The Morgan fingerprint density at radius 2 is 1.88 bits per heavy atom. The van der Waals surface area contributed by atoms with Crippen LogP contribution in [0.15, 0.2) is 42.5 Å². The first-order valence-electron chi connectivity index (χ1n) is 7.41. The Hall–Kier alpha value is -2.76. The van der Waals surface area contributed by atoms with Gasteiger partial charge in [-0.15, -0.1) is 0 Å². The molecule has 2 aromatic carbocycles. The highest BCUT2D eigenvalue weighted by atomic mass is 19.1. The van der Waals surface area contributed by atoms with Crippen molar-refractivity contribution in [2.24, 2.45) is 0 Å². The van der Waals surface area contributed by atoms with Gasteiger partial charge in [0.05, 0.1) is 12.0 Å². The summed E-state index contributed by atoms with van der Waals surface area (Å²) in [5.41, 5.74) is 1.65. The number of hydrogen-bond donors (Lipinski definition) is 1. The highest BCUT2D eigenvalue weighted by Gasteiger charge is 2.13. The molecule has 126 valence electrons. The number of ether oxygens (including phenoxy) is 1. The summed E-state index contributed by atoms with van der Waals surface area (Å²) in [5, 5.41) is 2.40. The number of esters is 1. The minimum atomic E-state index is -0.949. The zero-order valence-electron chi connectivity index (χ0n) is 13.1. The Morgan fingerprint density at radius 1 is 1.12 bits per heavy atom. The number of nitrogens with one attached hydrogen (secondary N) is 1. The summed E-state index contributed by atoms with van der Waals surface area (Å²) in [7, 11) is 0. The molecular formula is C18H17F2NO3. The summed E-state index contributed by atoms with van der Waals surface area (Å²) in [4.78, 5) is 23.4. The van der Waals surface area contributed by atoms with Gasteiger partial charge in [0.2, 0.25) is 0 Å². The molecule has 4 nitrogen and oxygen atoms in total. The molecule has 2 rings (SSSR count). The van der Waals surface area contributed by atoms with Crippen LogP contribution in [0.2, 0.25) is 0 Å². The van der Waals surface area contributed by atoms with E-state index in [1.54, 1.807) is 0 Å². The lowest BCUT2D eigenvalue weighted by Crippen LogP contribution is -2.27. The summed E-state index contributed by atoms with van der Waals surface area (Å²) in [5.74, 6) is -2.89. The normalized spacial score (nSPS) is 10.3. The lowest BCUT2D eigenvalue weighted by molar-refractivity contribution is -0.144. The summed E-state index contributed by atoms with van der Waals surface area (Å²) in [6, 6.07) is 10.2. The first-order chi connectivity index (χ1) is 11.5. The van der Waals surface area contributed by atoms with Crippen LogP contribution in [-0.2, 0) is 16.1 Å². The van der Waals surface area contributed by atoms with Gasteiger partial charge < -0.3 is 10.1 Å². The maximum Gasteiger partial charge on any atom is 0.307 e. The third kappa shape index (κ3) is 4.87. The first kappa shape index (κ1) is 17.6. The topological polar surface area (TPSA) is 55.4 Å². The number of amides is 1. The van der Waals surface area contributed by atoms with Gasteiger partial charge in [-0.05, 0) is 30.2 Å². The second kappa shape index (κ2) is 8.19. The monoisotopic (exact) mass is 333 g/mol. The maximum atomic E-state index is 13.4. The quantitative estimate of drug-likeness (QED) is 0.826. The van der Waals surface area contributed by atoms with E-state index in [2.05, 4.69) is 5.32 Å².